The van der Waals surface area contributed by atoms with E-state index in [1.54, 1.807) is 6.92 Å². The minimum Gasteiger partial charge on any atom is -0.361 e. The molecule has 11 heavy (non-hydrogen) atoms. The van der Waals surface area contributed by atoms with Gasteiger partial charge in [-0.25, -0.2) is 0 Å². The number of aryl methyl sites for hydroxylation is 1. The van der Waals surface area contributed by atoms with Gasteiger partial charge in [0.2, 0.25) is 0 Å². The molecule has 0 spiro atoms. The molecule has 0 unspecified atom stereocenters. The van der Waals surface area contributed by atoms with Crippen molar-refractivity contribution in [1.82, 2.24) is 10.5 Å². The normalized spacial score (nSPS) is 8.73. The Bertz CT molecular complexity index is 310. The lowest BCUT2D eigenvalue weighted by Crippen LogP contribution is -2.17. The van der Waals surface area contributed by atoms with Crippen LogP contribution in [0.25, 0.3) is 0 Å². The third-order valence-electron chi connectivity index (χ3n) is 1.16. The lowest BCUT2D eigenvalue weighted by atomic mass is 10.3. The van der Waals surface area contributed by atoms with Crippen LogP contribution in [-0.4, -0.2) is 11.1 Å². The molecule has 1 aromatic heterocycles. The molecular formula is C6H5N3O2. The van der Waals surface area contributed by atoms with Gasteiger partial charge >= 0.3 is 0 Å². The van der Waals surface area contributed by atoms with Crippen LogP contribution in [0.4, 0.5) is 0 Å². The van der Waals surface area contributed by atoms with E-state index in [9.17, 15) is 4.79 Å². The summed E-state index contributed by atoms with van der Waals surface area (Å²) in [6.45, 7) is 1.60. The second-order valence-corrected chi connectivity index (χ2v) is 1.86. The lowest BCUT2D eigenvalue weighted by molar-refractivity contribution is 0.0971. The molecule has 5 heteroatoms. The molecular weight excluding hydrogens is 146 g/mol. The quantitative estimate of drug-likeness (QED) is 0.459. The van der Waals surface area contributed by atoms with Gasteiger partial charge in [-0.15, -0.1) is 0 Å². The molecule has 1 amide bonds. The van der Waals surface area contributed by atoms with Gasteiger partial charge in [0.25, 0.3) is 5.91 Å². The van der Waals surface area contributed by atoms with Gasteiger partial charge in [-0.1, -0.05) is 5.16 Å². The predicted octanol–water partition coefficient (Wildman–Crippen LogP) is 0.194. The fourth-order valence-electron chi connectivity index (χ4n) is 0.635. The van der Waals surface area contributed by atoms with Gasteiger partial charge in [0.05, 0.1) is 6.20 Å². The number of carbonyl (C=O) groups is 1. The van der Waals surface area contributed by atoms with Gasteiger partial charge in [0.15, 0.2) is 6.19 Å². The van der Waals surface area contributed by atoms with E-state index in [4.69, 9.17) is 5.26 Å². The Hall–Kier alpha value is -1.83. The monoisotopic (exact) mass is 151 g/mol. The van der Waals surface area contributed by atoms with Gasteiger partial charge in [-0.05, 0) is 6.92 Å². The first-order valence-corrected chi connectivity index (χ1v) is 2.86. The third-order valence-corrected chi connectivity index (χ3v) is 1.16. The highest BCUT2D eigenvalue weighted by molar-refractivity contribution is 5.95. The Morgan fingerprint density at radius 2 is 2.64 bits per heavy atom. The minimum atomic E-state index is -0.494. The van der Waals surface area contributed by atoms with Crippen molar-refractivity contribution in [3.05, 3.63) is 17.5 Å². The molecule has 1 heterocycles. The first kappa shape index (κ1) is 7.28. The molecule has 1 N–H and O–H groups in total. The standard InChI is InChI=1S/C6H5N3O2/c1-4-5(2-9-11-4)6(10)8-3-7/h2H,1H3,(H,8,10). The SMILES string of the molecule is Cc1oncc1C(=O)NC#N. The average molecular weight is 151 g/mol. The van der Waals surface area contributed by atoms with Crippen LogP contribution in [0.2, 0.25) is 0 Å². The van der Waals surface area contributed by atoms with Crippen LogP contribution < -0.4 is 5.32 Å². The molecule has 0 aromatic carbocycles. The molecule has 1 rings (SSSR count). The van der Waals surface area contributed by atoms with Gasteiger partial charge in [-0.2, -0.15) is 5.26 Å². The van der Waals surface area contributed by atoms with Crippen LogP contribution >= 0.6 is 0 Å². The van der Waals surface area contributed by atoms with E-state index >= 15 is 0 Å². The number of rotatable bonds is 1. The van der Waals surface area contributed by atoms with Crippen molar-refractivity contribution in [3.63, 3.8) is 0 Å². The van der Waals surface area contributed by atoms with Crippen molar-refractivity contribution >= 4 is 5.91 Å². The highest BCUT2D eigenvalue weighted by Gasteiger charge is 2.11. The van der Waals surface area contributed by atoms with Crippen LogP contribution in [0.5, 0.6) is 0 Å². The first-order chi connectivity index (χ1) is 5.25. The van der Waals surface area contributed by atoms with Gasteiger partial charge < -0.3 is 4.52 Å². The molecule has 0 saturated heterocycles. The number of aromatic nitrogens is 1. The van der Waals surface area contributed by atoms with Crippen molar-refractivity contribution in [2.24, 2.45) is 0 Å². The summed E-state index contributed by atoms with van der Waals surface area (Å²) in [6.07, 6.45) is 2.78. The summed E-state index contributed by atoms with van der Waals surface area (Å²) in [5.41, 5.74) is 0.284. The molecule has 1 aromatic rings. The Balaban J connectivity index is 2.86. The molecule has 56 valence electrons. The Kier molecular flexibility index (Phi) is 1.88. The molecule has 5 nitrogen and oxygen atoms in total. The molecule has 0 aliphatic rings. The summed E-state index contributed by atoms with van der Waals surface area (Å²) >= 11 is 0. The highest BCUT2D eigenvalue weighted by atomic mass is 16.5. The number of nitriles is 1. The van der Waals surface area contributed by atoms with E-state index in [1.165, 1.54) is 12.4 Å². The van der Waals surface area contributed by atoms with Crippen LogP contribution in [0.3, 0.4) is 0 Å². The summed E-state index contributed by atoms with van der Waals surface area (Å²) in [5, 5.41) is 13.4. The summed E-state index contributed by atoms with van der Waals surface area (Å²) in [5.74, 6) is -0.0935. The van der Waals surface area contributed by atoms with E-state index in [1.807, 2.05) is 5.32 Å². The maximum Gasteiger partial charge on any atom is 0.269 e. The zero-order valence-corrected chi connectivity index (χ0v) is 5.79. The number of hydrogen-bond donors (Lipinski definition) is 1. The van der Waals surface area contributed by atoms with Crippen LogP contribution in [0, 0.1) is 18.4 Å². The van der Waals surface area contributed by atoms with E-state index in [0.717, 1.165) is 0 Å². The van der Waals surface area contributed by atoms with Gasteiger partial charge in [0.1, 0.15) is 11.3 Å². The second kappa shape index (κ2) is 2.84. The van der Waals surface area contributed by atoms with Crippen molar-refractivity contribution in [2.45, 2.75) is 6.92 Å². The fraction of sp³-hybridized carbons (Fsp3) is 0.167. The van der Waals surface area contributed by atoms with Crippen molar-refractivity contribution in [3.8, 4) is 6.19 Å². The minimum absolute atomic E-state index is 0.284. The van der Waals surface area contributed by atoms with Crippen LogP contribution in [0.15, 0.2) is 10.7 Å². The van der Waals surface area contributed by atoms with Crippen LogP contribution in [0.1, 0.15) is 16.1 Å². The number of hydrogen-bond acceptors (Lipinski definition) is 4. The first-order valence-electron chi connectivity index (χ1n) is 2.86. The van der Waals surface area contributed by atoms with Crippen molar-refractivity contribution in [1.29, 1.82) is 5.26 Å². The molecule has 0 saturated carbocycles. The number of amides is 1. The molecule has 0 bridgehead atoms. The molecule has 0 atom stereocenters. The average Bonchev–Trinajstić information content (AvgIpc) is 2.36. The Morgan fingerprint density at radius 1 is 1.91 bits per heavy atom. The summed E-state index contributed by atoms with van der Waals surface area (Å²) in [6, 6.07) is 0. The van der Waals surface area contributed by atoms with E-state index in [0.29, 0.717) is 5.76 Å². The summed E-state index contributed by atoms with van der Waals surface area (Å²) in [7, 11) is 0. The summed E-state index contributed by atoms with van der Waals surface area (Å²) < 4.78 is 4.61. The summed E-state index contributed by atoms with van der Waals surface area (Å²) in [4.78, 5) is 10.9. The Morgan fingerprint density at radius 3 is 3.09 bits per heavy atom. The Labute approximate surface area is 62.6 Å². The van der Waals surface area contributed by atoms with Gasteiger partial charge in [-0.3, -0.25) is 10.1 Å². The molecule has 0 aliphatic heterocycles. The maximum absolute atomic E-state index is 10.9. The number of nitrogens with zero attached hydrogens (tertiary/aromatic N) is 2. The van der Waals surface area contributed by atoms with Gasteiger partial charge in [0, 0.05) is 0 Å². The number of nitrogens with one attached hydrogen (secondary N) is 1. The molecule has 0 aliphatic carbocycles. The second-order valence-electron chi connectivity index (χ2n) is 1.86. The number of carbonyl (C=O) groups excluding carboxylic acids is 1. The smallest absolute Gasteiger partial charge is 0.269 e. The largest absolute Gasteiger partial charge is 0.361 e. The van der Waals surface area contributed by atoms with Crippen LogP contribution in [-0.2, 0) is 0 Å². The molecule has 0 radical (unpaired) electrons. The van der Waals surface area contributed by atoms with Crippen molar-refractivity contribution < 1.29 is 9.32 Å². The van der Waals surface area contributed by atoms with E-state index in [-0.39, 0.29) is 5.56 Å². The van der Waals surface area contributed by atoms with Crippen molar-refractivity contribution in [2.75, 3.05) is 0 Å². The molecule has 0 fully saturated rings. The fourth-order valence-corrected chi connectivity index (χ4v) is 0.635. The third kappa shape index (κ3) is 1.35. The maximum atomic E-state index is 10.9. The zero-order valence-electron chi connectivity index (χ0n) is 5.79. The zero-order chi connectivity index (χ0) is 8.27. The predicted molar refractivity (Wildman–Crippen MR) is 34.3 cm³/mol. The topological polar surface area (TPSA) is 78.9 Å². The highest BCUT2D eigenvalue weighted by Crippen LogP contribution is 2.04. The van der Waals surface area contributed by atoms with E-state index < -0.39 is 5.91 Å². The lowest BCUT2D eigenvalue weighted by Gasteiger charge is -1.90. The van der Waals surface area contributed by atoms with E-state index in [2.05, 4.69) is 9.68 Å².